The first-order valence-corrected chi connectivity index (χ1v) is 3.56. The van der Waals surface area contributed by atoms with Gasteiger partial charge >= 0.3 is 5.97 Å². The van der Waals surface area contributed by atoms with E-state index in [2.05, 4.69) is 11.6 Å². The SMILES string of the molecule is C=CCn1ccnc1CC(=O)O. The third-order valence-electron chi connectivity index (χ3n) is 1.44. The number of carbonyl (C=O) groups is 1. The molecule has 0 aliphatic heterocycles. The summed E-state index contributed by atoms with van der Waals surface area (Å²) in [5.41, 5.74) is 0. The van der Waals surface area contributed by atoms with Crippen molar-refractivity contribution in [1.29, 1.82) is 0 Å². The van der Waals surface area contributed by atoms with Crippen LogP contribution in [0.5, 0.6) is 0 Å². The first kappa shape index (κ1) is 8.52. The normalized spacial score (nSPS) is 9.67. The summed E-state index contributed by atoms with van der Waals surface area (Å²) in [6.07, 6.45) is 4.98. The lowest BCUT2D eigenvalue weighted by Gasteiger charge is -2.00. The Morgan fingerprint density at radius 3 is 3.17 bits per heavy atom. The van der Waals surface area contributed by atoms with E-state index < -0.39 is 5.97 Å². The van der Waals surface area contributed by atoms with Crippen LogP contribution in [0.4, 0.5) is 0 Å². The third-order valence-corrected chi connectivity index (χ3v) is 1.44. The predicted molar refractivity (Wildman–Crippen MR) is 43.8 cm³/mol. The quantitative estimate of drug-likeness (QED) is 0.670. The fourth-order valence-corrected chi connectivity index (χ4v) is 0.948. The number of aromatic nitrogens is 2. The van der Waals surface area contributed by atoms with Crippen LogP contribution in [-0.4, -0.2) is 20.6 Å². The van der Waals surface area contributed by atoms with E-state index in [0.29, 0.717) is 12.4 Å². The molecule has 0 unspecified atom stereocenters. The Morgan fingerprint density at radius 2 is 2.58 bits per heavy atom. The number of hydrogen-bond acceptors (Lipinski definition) is 2. The minimum absolute atomic E-state index is 0.0408. The lowest BCUT2D eigenvalue weighted by atomic mass is 10.4. The van der Waals surface area contributed by atoms with Gasteiger partial charge in [-0.15, -0.1) is 6.58 Å². The summed E-state index contributed by atoms with van der Waals surface area (Å²) in [4.78, 5) is 14.3. The van der Waals surface area contributed by atoms with Crippen LogP contribution in [0.1, 0.15) is 5.82 Å². The molecule has 0 aromatic carbocycles. The molecule has 0 saturated heterocycles. The molecule has 0 atom stereocenters. The molecule has 1 aromatic heterocycles. The van der Waals surface area contributed by atoms with Gasteiger partial charge in [0.25, 0.3) is 0 Å². The van der Waals surface area contributed by atoms with Gasteiger partial charge in [0.05, 0.1) is 0 Å². The van der Waals surface area contributed by atoms with Crippen molar-refractivity contribution in [3.63, 3.8) is 0 Å². The Labute approximate surface area is 70.2 Å². The molecule has 1 heterocycles. The zero-order chi connectivity index (χ0) is 8.97. The van der Waals surface area contributed by atoms with E-state index in [9.17, 15) is 4.79 Å². The van der Waals surface area contributed by atoms with Crippen LogP contribution in [-0.2, 0) is 17.8 Å². The molecule has 0 spiro atoms. The second kappa shape index (κ2) is 3.71. The summed E-state index contributed by atoms with van der Waals surface area (Å²) in [6.45, 7) is 4.16. The molecule has 0 bridgehead atoms. The van der Waals surface area contributed by atoms with Crippen molar-refractivity contribution < 1.29 is 9.90 Å². The average Bonchev–Trinajstić information content (AvgIpc) is 2.37. The van der Waals surface area contributed by atoms with Crippen LogP contribution in [0.25, 0.3) is 0 Å². The van der Waals surface area contributed by atoms with Gasteiger partial charge in [0.1, 0.15) is 12.2 Å². The number of carboxylic acid groups (broad SMARTS) is 1. The molecule has 4 heteroatoms. The van der Waals surface area contributed by atoms with Crippen LogP contribution in [0.15, 0.2) is 25.0 Å². The van der Waals surface area contributed by atoms with Gasteiger partial charge in [-0.25, -0.2) is 4.98 Å². The van der Waals surface area contributed by atoms with Crippen molar-refractivity contribution >= 4 is 5.97 Å². The number of allylic oxidation sites excluding steroid dienone is 1. The topological polar surface area (TPSA) is 55.1 Å². The van der Waals surface area contributed by atoms with Crippen LogP contribution < -0.4 is 0 Å². The monoisotopic (exact) mass is 166 g/mol. The van der Waals surface area contributed by atoms with Crippen LogP contribution in [0.2, 0.25) is 0 Å². The van der Waals surface area contributed by atoms with E-state index in [1.165, 1.54) is 0 Å². The van der Waals surface area contributed by atoms with E-state index in [0.717, 1.165) is 0 Å². The molecule has 0 saturated carbocycles. The molecule has 64 valence electrons. The molecule has 0 aliphatic carbocycles. The zero-order valence-corrected chi connectivity index (χ0v) is 6.60. The lowest BCUT2D eigenvalue weighted by molar-refractivity contribution is -0.136. The van der Waals surface area contributed by atoms with Crippen LogP contribution >= 0.6 is 0 Å². The van der Waals surface area contributed by atoms with Gasteiger partial charge in [0.15, 0.2) is 0 Å². The zero-order valence-electron chi connectivity index (χ0n) is 6.60. The Bertz CT molecular complexity index is 291. The first-order chi connectivity index (χ1) is 5.74. The molecule has 0 fully saturated rings. The van der Waals surface area contributed by atoms with Crippen molar-refractivity contribution in [3.05, 3.63) is 30.9 Å². The number of nitrogens with zero attached hydrogens (tertiary/aromatic N) is 2. The maximum absolute atomic E-state index is 10.3. The molecular weight excluding hydrogens is 156 g/mol. The highest BCUT2D eigenvalue weighted by molar-refractivity contribution is 5.69. The van der Waals surface area contributed by atoms with Crippen molar-refractivity contribution in [1.82, 2.24) is 9.55 Å². The van der Waals surface area contributed by atoms with E-state index in [1.54, 1.807) is 23.0 Å². The van der Waals surface area contributed by atoms with Gasteiger partial charge in [-0.05, 0) is 0 Å². The third kappa shape index (κ3) is 1.95. The van der Waals surface area contributed by atoms with Gasteiger partial charge in [0, 0.05) is 18.9 Å². The summed E-state index contributed by atoms with van der Waals surface area (Å²) in [7, 11) is 0. The molecule has 4 nitrogen and oxygen atoms in total. The van der Waals surface area contributed by atoms with E-state index in [1.807, 2.05) is 0 Å². The van der Waals surface area contributed by atoms with E-state index in [4.69, 9.17) is 5.11 Å². The minimum Gasteiger partial charge on any atom is -0.481 e. The lowest BCUT2D eigenvalue weighted by Crippen LogP contribution is -2.08. The fraction of sp³-hybridized carbons (Fsp3) is 0.250. The first-order valence-electron chi connectivity index (χ1n) is 3.56. The molecule has 0 amide bonds. The molecule has 12 heavy (non-hydrogen) atoms. The van der Waals surface area contributed by atoms with E-state index in [-0.39, 0.29) is 6.42 Å². The number of hydrogen-bond donors (Lipinski definition) is 1. The summed E-state index contributed by atoms with van der Waals surface area (Å²) in [6, 6.07) is 0. The summed E-state index contributed by atoms with van der Waals surface area (Å²) in [5, 5.41) is 8.50. The average molecular weight is 166 g/mol. The smallest absolute Gasteiger partial charge is 0.311 e. The van der Waals surface area contributed by atoms with Crippen molar-refractivity contribution in [3.8, 4) is 0 Å². The molecule has 1 N–H and O–H groups in total. The predicted octanol–water partition coefficient (Wildman–Crippen LogP) is 0.696. The van der Waals surface area contributed by atoms with Gasteiger partial charge in [0.2, 0.25) is 0 Å². The maximum Gasteiger partial charge on any atom is 0.311 e. The van der Waals surface area contributed by atoms with Crippen LogP contribution in [0, 0.1) is 0 Å². The van der Waals surface area contributed by atoms with Gasteiger partial charge in [-0.2, -0.15) is 0 Å². The molecule has 0 radical (unpaired) electrons. The Balaban J connectivity index is 2.76. The molecule has 1 aromatic rings. The number of aliphatic carboxylic acids is 1. The minimum atomic E-state index is -0.869. The molecule has 0 aliphatic rings. The summed E-state index contributed by atoms with van der Waals surface area (Å²) in [5.74, 6) is -0.311. The largest absolute Gasteiger partial charge is 0.481 e. The number of carboxylic acids is 1. The standard InChI is InChI=1S/C8H10N2O2/c1-2-4-10-5-3-9-7(10)6-8(11)12/h2-3,5H,1,4,6H2,(H,11,12). The van der Waals surface area contributed by atoms with Crippen molar-refractivity contribution in [2.24, 2.45) is 0 Å². The maximum atomic E-state index is 10.3. The highest BCUT2D eigenvalue weighted by Crippen LogP contribution is 1.98. The summed E-state index contributed by atoms with van der Waals surface area (Å²) < 4.78 is 1.75. The fourth-order valence-electron chi connectivity index (χ4n) is 0.948. The highest BCUT2D eigenvalue weighted by Gasteiger charge is 2.05. The Morgan fingerprint density at radius 1 is 1.83 bits per heavy atom. The highest BCUT2D eigenvalue weighted by atomic mass is 16.4. The molecule has 1 rings (SSSR count). The van der Waals surface area contributed by atoms with Crippen molar-refractivity contribution in [2.45, 2.75) is 13.0 Å². The van der Waals surface area contributed by atoms with Gasteiger partial charge in [-0.1, -0.05) is 6.08 Å². The van der Waals surface area contributed by atoms with Crippen LogP contribution in [0.3, 0.4) is 0 Å². The summed E-state index contributed by atoms with van der Waals surface area (Å²) >= 11 is 0. The Kier molecular flexibility index (Phi) is 2.63. The van der Waals surface area contributed by atoms with Crippen molar-refractivity contribution in [2.75, 3.05) is 0 Å². The van der Waals surface area contributed by atoms with E-state index >= 15 is 0 Å². The second-order valence-electron chi connectivity index (χ2n) is 2.36. The number of imidazole rings is 1. The van der Waals surface area contributed by atoms with Gasteiger partial charge in [-0.3, -0.25) is 4.79 Å². The van der Waals surface area contributed by atoms with Gasteiger partial charge < -0.3 is 9.67 Å². The Hall–Kier alpha value is -1.58. The second-order valence-corrected chi connectivity index (χ2v) is 2.36. The molecular formula is C8H10N2O2. The number of rotatable bonds is 4.